The summed E-state index contributed by atoms with van der Waals surface area (Å²) in [6.45, 7) is 8.36. The van der Waals surface area contributed by atoms with Crippen molar-refractivity contribution in [3.63, 3.8) is 0 Å². The zero-order valence-corrected chi connectivity index (χ0v) is 10.3. The van der Waals surface area contributed by atoms with Gasteiger partial charge < -0.3 is 0 Å². The Morgan fingerprint density at radius 1 is 1.13 bits per heavy atom. The van der Waals surface area contributed by atoms with E-state index in [-0.39, 0.29) is 5.78 Å². The molecule has 0 unspecified atom stereocenters. The predicted molar refractivity (Wildman–Crippen MR) is 66.2 cm³/mol. The second-order valence-electron chi connectivity index (χ2n) is 4.09. The minimum Gasteiger partial charge on any atom is -0.294 e. The largest absolute Gasteiger partial charge is 0.294 e. The first kappa shape index (κ1) is 13.9. The van der Waals surface area contributed by atoms with Crippen LogP contribution in [0.1, 0.15) is 50.9 Å². The molecule has 0 amide bonds. The standard InChI is InChI=1S/C11H14O.C3H8/c1-9(2)8-11(12)10-6-4-3-5-7-10;1-3-2/h3-7,9H,8H2,1-2H3;3H2,1-2H3. The normalized spacial score (nSPS) is 9.40. The highest BCUT2D eigenvalue weighted by Crippen LogP contribution is 2.08. The van der Waals surface area contributed by atoms with Crippen molar-refractivity contribution in [2.75, 3.05) is 0 Å². The molecule has 0 aromatic heterocycles. The second-order valence-corrected chi connectivity index (χ2v) is 4.09. The summed E-state index contributed by atoms with van der Waals surface area (Å²) in [4.78, 5) is 11.5. The Balaban J connectivity index is 0.000000583. The molecule has 84 valence electrons. The number of carbonyl (C=O) groups excluding carboxylic acids is 1. The molecule has 0 radical (unpaired) electrons. The molecular weight excluding hydrogens is 184 g/mol. The molecule has 1 heteroatoms. The number of rotatable bonds is 3. The minimum atomic E-state index is 0.241. The van der Waals surface area contributed by atoms with Gasteiger partial charge >= 0.3 is 0 Å². The maximum atomic E-state index is 11.5. The second kappa shape index (κ2) is 8.22. The van der Waals surface area contributed by atoms with Crippen LogP contribution in [0.25, 0.3) is 0 Å². The van der Waals surface area contributed by atoms with E-state index in [0.29, 0.717) is 12.3 Å². The van der Waals surface area contributed by atoms with E-state index >= 15 is 0 Å². The molecule has 1 aromatic rings. The van der Waals surface area contributed by atoms with Crippen LogP contribution in [0.4, 0.5) is 0 Å². The molecule has 0 aliphatic heterocycles. The molecule has 0 fully saturated rings. The van der Waals surface area contributed by atoms with Crippen molar-refractivity contribution in [2.24, 2.45) is 5.92 Å². The van der Waals surface area contributed by atoms with Crippen LogP contribution in [-0.4, -0.2) is 5.78 Å². The molecule has 0 saturated heterocycles. The van der Waals surface area contributed by atoms with E-state index < -0.39 is 0 Å². The number of hydrogen-bond donors (Lipinski definition) is 0. The van der Waals surface area contributed by atoms with Crippen LogP contribution in [0.15, 0.2) is 30.3 Å². The molecule has 0 N–H and O–H groups in total. The van der Waals surface area contributed by atoms with Gasteiger partial charge in [0.2, 0.25) is 0 Å². The third-order valence-corrected chi connectivity index (χ3v) is 1.69. The highest BCUT2D eigenvalue weighted by molar-refractivity contribution is 5.96. The fourth-order valence-electron chi connectivity index (χ4n) is 1.11. The minimum absolute atomic E-state index is 0.241. The molecule has 0 atom stereocenters. The van der Waals surface area contributed by atoms with Crippen molar-refractivity contribution in [1.29, 1.82) is 0 Å². The van der Waals surface area contributed by atoms with Crippen molar-refractivity contribution in [2.45, 2.75) is 40.5 Å². The summed E-state index contributed by atoms with van der Waals surface area (Å²) in [6.07, 6.45) is 1.89. The Labute approximate surface area is 93.5 Å². The number of Topliss-reactive ketones (excluding diaryl/α,β-unsaturated/α-hetero) is 1. The lowest BCUT2D eigenvalue weighted by Gasteiger charge is -2.02. The van der Waals surface area contributed by atoms with E-state index in [1.165, 1.54) is 6.42 Å². The fourth-order valence-corrected chi connectivity index (χ4v) is 1.11. The molecule has 0 heterocycles. The summed E-state index contributed by atoms with van der Waals surface area (Å²) >= 11 is 0. The maximum Gasteiger partial charge on any atom is 0.163 e. The molecule has 0 saturated carbocycles. The van der Waals surface area contributed by atoms with Gasteiger partial charge in [-0.3, -0.25) is 4.79 Å². The number of hydrogen-bond acceptors (Lipinski definition) is 1. The summed E-state index contributed by atoms with van der Waals surface area (Å²) in [5, 5.41) is 0. The zero-order chi connectivity index (χ0) is 11.7. The molecule has 0 aliphatic rings. The van der Waals surface area contributed by atoms with E-state index in [9.17, 15) is 4.79 Å². The summed E-state index contributed by atoms with van der Waals surface area (Å²) in [5.41, 5.74) is 0.825. The lowest BCUT2D eigenvalue weighted by molar-refractivity contribution is 0.0968. The monoisotopic (exact) mass is 206 g/mol. The number of carbonyl (C=O) groups is 1. The summed E-state index contributed by atoms with van der Waals surface area (Å²) in [5.74, 6) is 0.684. The average molecular weight is 206 g/mol. The van der Waals surface area contributed by atoms with Crippen LogP contribution in [0.5, 0.6) is 0 Å². The number of benzene rings is 1. The first-order valence-electron chi connectivity index (χ1n) is 5.70. The van der Waals surface area contributed by atoms with Crippen LogP contribution < -0.4 is 0 Å². The third-order valence-electron chi connectivity index (χ3n) is 1.69. The Morgan fingerprint density at radius 2 is 1.60 bits per heavy atom. The van der Waals surface area contributed by atoms with Crippen molar-refractivity contribution < 1.29 is 4.79 Å². The maximum absolute atomic E-state index is 11.5. The van der Waals surface area contributed by atoms with Gasteiger partial charge in [-0.1, -0.05) is 64.4 Å². The first-order chi connectivity index (χ1) is 7.11. The first-order valence-corrected chi connectivity index (χ1v) is 5.70. The average Bonchev–Trinajstić information content (AvgIpc) is 2.19. The summed E-state index contributed by atoms with van der Waals surface area (Å²) < 4.78 is 0. The van der Waals surface area contributed by atoms with Gasteiger partial charge in [-0.2, -0.15) is 0 Å². The van der Waals surface area contributed by atoms with Crippen LogP contribution in [0, 0.1) is 5.92 Å². The smallest absolute Gasteiger partial charge is 0.163 e. The lowest BCUT2D eigenvalue weighted by Crippen LogP contribution is -2.02. The quantitative estimate of drug-likeness (QED) is 0.673. The Kier molecular flexibility index (Phi) is 7.61. The van der Waals surface area contributed by atoms with Crippen molar-refractivity contribution in [1.82, 2.24) is 0 Å². The van der Waals surface area contributed by atoms with Gasteiger partial charge in [0.1, 0.15) is 0 Å². The van der Waals surface area contributed by atoms with Gasteiger partial charge in [-0.25, -0.2) is 0 Å². The van der Waals surface area contributed by atoms with Crippen LogP contribution in [-0.2, 0) is 0 Å². The topological polar surface area (TPSA) is 17.1 Å². The molecule has 15 heavy (non-hydrogen) atoms. The Hall–Kier alpha value is -1.11. The Bertz CT molecular complexity index is 262. The van der Waals surface area contributed by atoms with E-state index in [4.69, 9.17) is 0 Å². The summed E-state index contributed by atoms with van der Waals surface area (Å²) in [7, 11) is 0. The van der Waals surface area contributed by atoms with Gasteiger partial charge in [0.15, 0.2) is 5.78 Å². The highest BCUT2D eigenvalue weighted by Gasteiger charge is 2.06. The molecule has 0 spiro atoms. The van der Waals surface area contributed by atoms with Crippen molar-refractivity contribution >= 4 is 5.78 Å². The molecular formula is C14H22O. The fraction of sp³-hybridized carbons (Fsp3) is 0.500. The molecule has 1 aromatic carbocycles. The van der Waals surface area contributed by atoms with Crippen molar-refractivity contribution in [3.8, 4) is 0 Å². The predicted octanol–water partition coefficient (Wildman–Crippen LogP) is 4.33. The molecule has 0 bridgehead atoms. The van der Waals surface area contributed by atoms with Gasteiger partial charge in [0.25, 0.3) is 0 Å². The van der Waals surface area contributed by atoms with Gasteiger partial charge in [-0.15, -0.1) is 0 Å². The van der Waals surface area contributed by atoms with Gasteiger partial charge in [-0.05, 0) is 5.92 Å². The molecule has 0 aliphatic carbocycles. The van der Waals surface area contributed by atoms with E-state index in [0.717, 1.165) is 5.56 Å². The number of ketones is 1. The van der Waals surface area contributed by atoms with Crippen LogP contribution in [0.2, 0.25) is 0 Å². The van der Waals surface area contributed by atoms with Gasteiger partial charge in [0, 0.05) is 12.0 Å². The third kappa shape index (κ3) is 6.89. The van der Waals surface area contributed by atoms with Crippen molar-refractivity contribution in [3.05, 3.63) is 35.9 Å². The van der Waals surface area contributed by atoms with E-state index in [1.54, 1.807) is 0 Å². The lowest BCUT2D eigenvalue weighted by atomic mass is 10.0. The Morgan fingerprint density at radius 3 is 2.00 bits per heavy atom. The van der Waals surface area contributed by atoms with Gasteiger partial charge in [0.05, 0.1) is 0 Å². The van der Waals surface area contributed by atoms with E-state index in [2.05, 4.69) is 27.7 Å². The summed E-state index contributed by atoms with van der Waals surface area (Å²) in [6, 6.07) is 9.45. The molecule has 1 nitrogen and oxygen atoms in total. The zero-order valence-electron chi connectivity index (χ0n) is 10.3. The van der Waals surface area contributed by atoms with Crippen LogP contribution >= 0.6 is 0 Å². The molecule has 1 rings (SSSR count). The highest BCUT2D eigenvalue weighted by atomic mass is 16.1. The van der Waals surface area contributed by atoms with E-state index in [1.807, 2.05) is 30.3 Å². The SMILES string of the molecule is CC(C)CC(=O)c1ccccc1.CCC. The van der Waals surface area contributed by atoms with Crippen LogP contribution in [0.3, 0.4) is 0 Å².